The summed E-state index contributed by atoms with van der Waals surface area (Å²) in [5.74, 6) is 0.755. The minimum absolute atomic E-state index is 0.0412. The molecule has 4 rings (SSSR count). The van der Waals surface area contributed by atoms with E-state index in [0.717, 1.165) is 15.4 Å². The standard InChI is InChI=1S/C30H30N2O6S/c1-22-12-17-28(37-3)29(18-22)39(34,35)32(25-10-7-11-27(19-25)36-2)20-30(33)31-24-13-15-26(16-14-24)38-21-23-8-5-4-6-9-23/h4-19H,20-21H2,1-3H3,(H,31,33). The molecule has 0 saturated carbocycles. The summed E-state index contributed by atoms with van der Waals surface area (Å²) < 4.78 is 45.3. The van der Waals surface area contributed by atoms with Gasteiger partial charge in [-0.3, -0.25) is 9.10 Å². The molecule has 1 N–H and O–H groups in total. The van der Waals surface area contributed by atoms with Gasteiger partial charge >= 0.3 is 0 Å². The predicted molar refractivity (Wildman–Crippen MR) is 151 cm³/mol. The van der Waals surface area contributed by atoms with Crippen LogP contribution in [0.2, 0.25) is 0 Å². The fourth-order valence-corrected chi connectivity index (χ4v) is 5.55. The van der Waals surface area contributed by atoms with Crippen LogP contribution in [0.5, 0.6) is 17.2 Å². The lowest BCUT2D eigenvalue weighted by molar-refractivity contribution is -0.114. The average Bonchev–Trinajstić information content (AvgIpc) is 2.96. The van der Waals surface area contributed by atoms with Crippen LogP contribution in [0.25, 0.3) is 0 Å². The van der Waals surface area contributed by atoms with E-state index in [0.29, 0.717) is 23.8 Å². The molecule has 0 saturated heterocycles. The number of carbonyl (C=O) groups excluding carboxylic acids is 1. The van der Waals surface area contributed by atoms with Gasteiger partial charge in [0.25, 0.3) is 10.0 Å². The zero-order chi connectivity index (χ0) is 27.8. The molecular formula is C30H30N2O6S. The molecule has 0 aromatic heterocycles. The first-order chi connectivity index (χ1) is 18.8. The fraction of sp³-hybridized carbons (Fsp3) is 0.167. The normalized spacial score (nSPS) is 10.9. The highest BCUT2D eigenvalue weighted by Gasteiger charge is 2.30. The van der Waals surface area contributed by atoms with Crippen LogP contribution < -0.4 is 23.8 Å². The third-order valence-corrected chi connectivity index (χ3v) is 7.70. The Balaban J connectivity index is 1.55. The molecule has 0 unspecified atom stereocenters. The van der Waals surface area contributed by atoms with E-state index in [1.54, 1.807) is 67.6 Å². The molecule has 0 fully saturated rings. The summed E-state index contributed by atoms with van der Waals surface area (Å²) in [6, 6.07) is 28.1. The van der Waals surface area contributed by atoms with Crippen molar-refractivity contribution in [2.45, 2.75) is 18.4 Å². The van der Waals surface area contributed by atoms with Gasteiger partial charge in [-0.15, -0.1) is 0 Å². The van der Waals surface area contributed by atoms with Gasteiger partial charge in [0.05, 0.1) is 19.9 Å². The van der Waals surface area contributed by atoms with Gasteiger partial charge in [-0.2, -0.15) is 0 Å². The van der Waals surface area contributed by atoms with Crippen molar-refractivity contribution < 1.29 is 27.4 Å². The number of hydrogen-bond acceptors (Lipinski definition) is 6. The molecule has 202 valence electrons. The molecule has 0 spiro atoms. The van der Waals surface area contributed by atoms with E-state index in [1.165, 1.54) is 20.3 Å². The third-order valence-electron chi connectivity index (χ3n) is 5.90. The Morgan fingerprint density at radius 1 is 0.821 bits per heavy atom. The number of methoxy groups -OCH3 is 2. The highest BCUT2D eigenvalue weighted by Crippen LogP contribution is 2.32. The van der Waals surface area contributed by atoms with Crippen molar-refractivity contribution in [2.75, 3.05) is 30.4 Å². The highest BCUT2D eigenvalue weighted by molar-refractivity contribution is 7.93. The van der Waals surface area contributed by atoms with Gasteiger partial charge in [0.2, 0.25) is 5.91 Å². The Morgan fingerprint density at radius 2 is 1.56 bits per heavy atom. The second-order valence-corrected chi connectivity index (χ2v) is 10.5. The van der Waals surface area contributed by atoms with E-state index in [9.17, 15) is 13.2 Å². The zero-order valence-corrected chi connectivity index (χ0v) is 22.8. The molecular weight excluding hydrogens is 516 g/mol. The second-order valence-electron chi connectivity index (χ2n) is 8.71. The molecule has 39 heavy (non-hydrogen) atoms. The number of ether oxygens (including phenoxy) is 3. The molecule has 0 aliphatic rings. The van der Waals surface area contributed by atoms with E-state index in [4.69, 9.17) is 14.2 Å². The van der Waals surface area contributed by atoms with Crippen LogP contribution in [-0.4, -0.2) is 35.1 Å². The van der Waals surface area contributed by atoms with Crippen molar-refractivity contribution in [3.63, 3.8) is 0 Å². The van der Waals surface area contributed by atoms with Crippen molar-refractivity contribution in [2.24, 2.45) is 0 Å². The summed E-state index contributed by atoms with van der Waals surface area (Å²) in [5, 5.41) is 2.77. The summed E-state index contributed by atoms with van der Waals surface area (Å²) in [6.07, 6.45) is 0. The SMILES string of the molecule is COc1cccc(N(CC(=O)Nc2ccc(OCc3ccccc3)cc2)S(=O)(=O)c2cc(C)ccc2OC)c1. The van der Waals surface area contributed by atoms with Crippen molar-refractivity contribution in [3.05, 3.63) is 108 Å². The molecule has 0 atom stereocenters. The van der Waals surface area contributed by atoms with Gasteiger partial charge in [-0.1, -0.05) is 42.5 Å². The number of aryl methyl sites for hydroxylation is 1. The quantitative estimate of drug-likeness (QED) is 0.270. The van der Waals surface area contributed by atoms with Crippen LogP contribution >= 0.6 is 0 Å². The van der Waals surface area contributed by atoms with Crippen LogP contribution in [0, 0.1) is 6.92 Å². The minimum Gasteiger partial charge on any atom is -0.497 e. The molecule has 9 heteroatoms. The number of benzene rings is 4. The van der Waals surface area contributed by atoms with E-state index in [-0.39, 0.29) is 16.3 Å². The first-order valence-electron chi connectivity index (χ1n) is 12.2. The van der Waals surface area contributed by atoms with Crippen LogP contribution in [0.4, 0.5) is 11.4 Å². The maximum Gasteiger partial charge on any atom is 0.268 e. The first kappa shape index (κ1) is 27.5. The molecule has 0 bridgehead atoms. The van der Waals surface area contributed by atoms with Gasteiger partial charge in [-0.25, -0.2) is 8.42 Å². The molecule has 1 amide bonds. The van der Waals surface area contributed by atoms with Gasteiger partial charge in [0.15, 0.2) is 0 Å². The number of sulfonamides is 1. The third kappa shape index (κ3) is 6.88. The lowest BCUT2D eigenvalue weighted by Gasteiger charge is -2.25. The highest BCUT2D eigenvalue weighted by atomic mass is 32.2. The molecule has 0 aliphatic heterocycles. The van der Waals surface area contributed by atoms with Crippen LogP contribution in [0.15, 0.2) is 102 Å². The van der Waals surface area contributed by atoms with Gasteiger partial charge < -0.3 is 19.5 Å². The zero-order valence-electron chi connectivity index (χ0n) is 22.0. The predicted octanol–water partition coefficient (Wildman–Crippen LogP) is 5.43. The maximum atomic E-state index is 13.9. The summed E-state index contributed by atoms with van der Waals surface area (Å²) >= 11 is 0. The van der Waals surface area contributed by atoms with Crippen LogP contribution in [0.1, 0.15) is 11.1 Å². The number of rotatable bonds is 11. The smallest absolute Gasteiger partial charge is 0.268 e. The first-order valence-corrected chi connectivity index (χ1v) is 13.6. The van der Waals surface area contributed by atoms with Crippen molar-refractivity contribution in [1.29, 1.82) is 0 Å². The van der Waals surface area contributed by atoms with Crippen molar-refractivity contribution in [3.8, 4) is 17.2 Å². The van der Waals surface area contributed by atoms with E-state index < -0.39 is 22.5 Å². The van der Waals surface area contributed by atoms with Gasteiger partial charge in [-0.05, 0) is 66.6 Å². The molecule has 0 radical (unpaired) electrons. The lowest BCUT2D eigenvalue weighted by atomic mass is 10.2. The number of carbonyl (C=O) groups is 1. The van der Waals surface area contributed by atoms with E-state index >= 15 is 0 Å². The van der Waals surface area contributed by atoms with Crippen LogP contribution in [0.3, 0.4) is 0 Å². The maximum absolute atomic E-state index is 13.9. The number of nitrogens with zero attached hydrogens (tertiary/aromatic N) is 1. The molecule has 0 heterocycles. The largest absolute Gasteiger partial charge is 0.497 e. The minimum atomic E-state index is -4.20. The van der Waals surface area contributed by atoms with Crippen molar-refractivity contribution >= 4 is 27.3 Å². The Labute approximate surface area is 228 Å². The van der Waals surface area contributed by atoms with Gasteiger partial charge in [0.1, 0.15) is 35.3 Å². The average molecular weight is 547 g/mol. The monoisotopic (exact) mass is 546 g/mol. The Kier molecular flexibility index (Phi) is 8.73. The summed E-state index contributed by atoms with van der Waals surface area (Å²) in [4.78, 5) is 13.1. The Morgan fingerprint density at radius 3 is 2.26 bits per heavy atom. The molecule has 4 aromatic rings. The molecule has 0 aliphatic carbocycles. The summed E-state index contributed by atoms with van der Waals surface area (Å²) in [6.45, 7) is 1.73. The van der Waals surface area contributed by atoms with Crippen molar-refractivity contribution in [1.82, 2.24) is 0 Å². The molecule has 8 nitrogen and oxygen atoms in total. The summed E-state index contributed by atoms with van der Waals surface area (Å²) in [7, 11) is -1.31. The number of hydrogen-bond donors (Lipinski definition) is 1. The fourth-order valence-electron chi connectivity index (χ4n) is 3.89. The Hall–Kier alpha value is -4.50. The summed E-state index contributed by atoms with van der Waals surface area (Å²) in [5.41, 5.74) is 2.55. The number of nitrogens with one attached hydrogen (secondary N) is 1. The van der Waals surface area contributed by atoms with Crippen LogP contribution in [-0.2, 0) is 21.4 Å². The number of anilines is 2. The number of amides is 1. The lowest BCUT2D eigenvalue weighted by Crippen LogP contribution is -2.38. The van der Waals surface area contributed by atoms with E-state index in [1.807, 2.05) is 30.3 Å². The van der Waals surface area contributed by atoms with Gasteiger partial charge in [0, 0.05) is 11.8 Å². The Bertz CT molecular complexity index is 1520. The topological polar surface area (TPSA) is 94.2 Å². The molecule has 4 aromatic carbocycles. The second kappa shape index (κ2) is 12.4. The van der Waals surface area contributed by atoms with E-state index in [2.05, 4.69) is 5.32 Å².